The third-order valence-corrected chi connectivity index (χ3v) is 4.98. The maximum absolute atomic E-state index is 12.5. The molecule has 1 fully saturated rings. The van der Waals surface area contributed by atoms with E-state index in [0.29, 0.717) is 18.8 Å². The van der Waals surface area contributed by atoms with Gasteiger partial charge in [0.05, 0.1) is 17.6 Å². The molecule has 0 unspecified atom stereocenters. The molecule has 1 aromatic heterocycles. The molecule has 2 heterocycles. The van der Waals surface area contributed by atoms with E-state index in [4.69, 9.17) is 0 Å². The Hall–Kier alpha value is -3.00. The van der Waals surface area contributed by atoms with Crippen molar-refractivity contribution in [2.75, 3.05) is 11.4 Å². The normalized spacial score (nSPS) is 17.0. The molecule has 26 heavy (non-hydrogen) atoms. The number of hydrogen-bond donors (Lipinski definition) is 2. The first-order chi connectivity index (χ1) is 12.6. The molecule has 1 aliphatic heterocycles. The Morgan fingerprint density at radius 2 is 2.08 bits per heavy atom. The van der Waals surface area contributed by atoms with Gasteiger partial charge in [-0.05, 0) is 29.8 Å². The molecule has 7 nitrogen and oxygen atoms in total. The molecule has 1 aliphatic rings. The fourth-order valence-corrected chi connectivity index (χ4v) is 3.58. The Balaban J connectivity index is 1.40. The van der Waals surface area contributed by atoms with E-state index in [1.165, 1.54) is 11.0 Å². The highest BCUT2D eigenvalue weighted by Crippen LogP contribution is 2.27. The summed E-state index contributed by atoms with van der Waals surface area (Å²) in [5.41, 5.74) is 3.19. The first kappa shape index (κ1) is 16.5. The molecule has 0 aliphatic carbocycles. The minimum absolute atomic E-state index is 0.0927. The fraction of sp³-hybridized carbons (Fsp3) is 0.222. The minimum Gasteiger partial charge on any atom is -0.508 e. The van der Waals surface area contributed by atoms with Crippen LogP contribution < -0.4 is 10.2 Å². The van der Waals surface area contributed by atoms with Crippen LogP contribution in [0.3, 0.4) is 0 Å². The molecule has 0 spiro atoms. The van der Waals surface area contributed by atoms with Gasteiger partial charge in [-0.1, -0.05) is 12.1 Å². The summed E-state index contributed by atoms with van der Waals surface area (Å²) in [5, 5.41) is 12.5. The molecule has 4 rings (SSSR count). The standard InChI is InChI=1S/C18H16N4O3S/c23-14-3-1-2-13(8-14)22-10-12(7-17(22)24)18(25)19-9-11-4-5-15-16(6-11)21-26-20-15/h1-6,8,12,23H,7,9-10H2,(H,19,25)/t12-/m0/s1. The summed E-state index contributed by atoms with van der Waals surface area (Å²) in [6.07, 6.45) is 0.163. The van der Waals surface area contributed by atoms with Crippen LogP contribution in [-0.2, 0) is 16.1 Å². The van der Waals surface area contributed by atoms with Crippen LogP contribution in [0.5, 0.6) is 5.75 Å². The van der Waals surface area contributed by atoms with E-state index in [1.807, 2.05) is 18.2 Å². The first-order valence-corrected chi connectivity index (χ1v) is 8.91. The monoisotopic (exact) mass is 368 g/mol. The van der Waals surface area contributed by atoms with Gasteiger partial charge in [-0.15, -0.1) is 0 Å². The zero-order chi connectivity index (χ0) is 18.1. The van der Waals surface area contributed by atoms with Crippen molar-refractivity contribution in [3.63, 3.8) is 0 Å². The molecule has 1 saturated heterocycles. The average molecular weight is 368 g/mol. The van der Waals surface area contributed by atoms with Crippen LogP contribution in [0.1, 0.15) is 12.0 Å². The van der Waals surface area contributed by atoms with Crippen molar-refractivity contribution < 1.29 is 14.7 Å². The van der Waals surface area contributed by atoms with Crippen molar-refractivity contribution >= 4 is 40.3 Å². The van der Waals surface area contributed by atoms with Gasteiger partial charge < -0.3 is 15.3 Å². The number of phenolic OH excluding ortho intramolecular Hbond substituents is 1. The summed E-state index contributed by atoms with van der Waals surface area (Å²) in [6.45, 7) is 0.687. The lowest BCUT2D eigenvalue weighted by atomic mass is 10.1. The highest BCUT2D eigenvalue weighted by atomic mass is 32.1. The smallest absolute Gasteiger partial charge is 0.227 e. The molecule has 2 amide bonds. The Bertz CT molecular complexity index is 987. The number of amides is 2. The Kier molecular flexibility index (Phi) is 4.26. The van der Waals surface area contributed by atoms with Crippen molar-refractivity contribution in [2.45, 2.75) is 13.0 Å². The zero-order valence-corrected chi connectivity index (χ0v) is 14.6. The Morgan fingerprint density at radius 1 is 1.23 bits per heavy atom. The van der Waals surface area contributed by atoms with Gasteiger partial charge in [0, 0.05) is 31.3 Å². The molecule has 0 bridgehead atoms. The van der Waals surface area contributed by atoms with Crippen LogP contribution in [0.15, 0.2) is 42.5 Å². The maximum atomic E-state index is 12.5. The van der Waals surface area contributed by atoms with E-state index in [2.05, 4.69) is 14.1 Å². The van der Waals surface area contributed by atoms with Crippen LogP contribution in [0, 0.1) is 5.92 Å². The van der Waals surface area contributed by atoms with Crippen LogP contribution in [0.25, 0.3) is 11.0 Å². The van der Waals surface area contributed by atoms with E-state index >= 15 is 0 Å². The number of nitrogens with zero attached hydrogens (tertiary/aromatic N) is 3. The van der Waals surface area contributed by atoms with Crippen molar-refractivity contribution in [1.82, 2.24) is 14.1 Å². The quantitative estimate of drug-likeness (QED) is 0.735. The summed E-state index contributed by atoms with van der Waals surface area (Å²) in [6, 6.07) is 12.2. The van der Waals surface area contributed by atoms with E-state index in [1.54, 1.807) is 18.2 Å². The number of benzene rings is 2. The highest BCUT2D eigenvalue weighted by Gasteiger charge is 2.35. The molecule has 0 radical (unpaired) electrons. The second kappa shape index (κ2) is 6.72. The molecule has 1 atom stereocenters. The molecular weight excluding hydrogens is 352 g/mol. The number of phenols is 1. The summed E-state index contributed by atoms with van der Waals surface area (Å²) in [4.78, 5) is 26.2. The predicted octanol–water partition coefficient (Wildman–Crippen LogP) is 2.07. The van der Waals surface area contributed by atoms with E-state index in [-0.39, 0.29) is 24.0 Å². The largest absolute Gasteiger partial charge is 0.508 e. The number of anilines is 1. The zero-order valence-electron chi connectivity index (χ0n) is 13.8. The van der Waals surface area contributed by atoms with Crippen molar-refractivity contribution in [1.29, 1.82) is 0 Å². The third kappa shape index (κ3) is 3.23. The Labute approximate surface area is 153 Å². The van der Waals surface area contributed by atoms with E-state index in [0.717, 1.165) is 28.3 Å². The summed E-state index contributed by atoms with van der Waals surface area (Å²) < 4.78 is 8.34. The topological polar surface area (TPSA) is 95.4 Å². The lowest BCUT2D eigenvalue weighted by Gasteiger charge is -2.17. The summed E-state index contributed by atoms with van der Waals surface area (Å²) >= 11 is 1.16. The van der Waals surface area contributed by atoms with Gasteiger partial charge in [-0.3, -0.25) is 9.59 Å². The lowest BCUT2D eigenvalue weighted by molar-refractivity contribution is -0.126. The lowest BCUT2D eigenvalue weighted by Crippen LogP contribution is -2.32. The van der Waals surface area contributed by atoms with Gasteiger partial charge in [0.15, 0.2) is 0 Å². The van der Waals surface area contributed by atoms with Crippen molar-refractivity contribution in [3.05, 3.63) is 48.0 Å². The second-order valence-corrected chi connectivity index (χ2v) is 6.76. The fourth-order valence-electron chi connectivity index (χ4n) is 3.06. The van der Waals surface area contributed by atoms with Crippen LogP contribution >= 0.6 is 11.7 Å². The van der Waals surface area contributed by atoms with Crippen molar-refractivity contribution in [3.8, 4) is 5.75 Å². The summed E-state index contributed by atoms with van der Waals surface area (Å²) in [5.74, 6) is -0.590. The number of aromatic hydroxyl groups is 1. The molecule has 0 saturated carbocycles. The van der Waals surface area contributed by atoms with E-state index < -0.39 is 5.92 Å². The van der Waals surface area contributed by atoms with Gasteiger partial charge in [-0.2, -0.15) is 8.75 Å². The highest BCUT2D eigenvalue weighted by molar-refractivity contribution is 7.00. The molecule has 8 heteroatoms. The number of rotatable bonds is 4. The summed E-state index contributed by atoms with van der Waals surface area (Å²) in [7, 11) is 0. The van der Waals surface area contributed by atoms with Gasteiger partial charge in [0.1, 0.15) is 16.8 Å². The number of carbonyl (C=O) groups excluding carboxylic acids is 2. The second-order valence-electron chi connectivity index (χ2n) is 6.23. The SMILES string of the molecule is O=C(NCc1ccc2nsnc2c1)[C@H]1CC(=O)N(c2cccc(O)c2)C1. The molecule has 132 valence electrons. The maximum Gasteiger partial charge on any atom is 0.227 e. The molecular formula is C18H16N4O3S. The number of fused-ring (bicyclic) bond motifs is 1. The van der Waals surface area contributed by atoms with Gasteiger partial charge in [-0.25, -0.2) is 0 Å². The Morgan fingerprint density at radius 3 is 2.92 bits per heavy atom. The molecule has 3 aromatic rings. The van der Waals surface area contributed by atoms with Crippen LogP contribution in [0.2, 0.25) is 0 Å². The number of nitrogens with one attached hydrogen (secondary N) is 1. The molecule has 2 aromatic carbocycles. The van der Waals surface area contributed by atoms with Gasteiger partial charge >= 0.3 is 0 Å². The molecule has 2 N–H and O–H groups in total. The first-order valence-electron chi connectivity index (χ1n) is 8.18. The average Bonchev–Trinajstić information content (AvgIpc) is 3.25. The number of hydrogen-bond acceptors (Lipinski definition) is 6. The minimum atomic E-state index is -0.408. The van der Waals surface area contributed by atoms with Crippen LogP contribution in [0.4, 0.5) is 5.69 Å². The number of aromatic nitrogens is 2. The van der Waals surface area contributed by atoms with Gasteiger partial charge in [0.2, 0.25) is 11.8 Å². The van der Waals surface area contributed by atoms with Gasteiger partial charge in [0.25, 0.3) is 0 Å². The van der Waals surface area contributed by atoms with Crippen LogP contribution in [-0.4, -0.2) is 32.2 Å². The number of carbonyl (C=O) groups is 2. The predicted molar refractivity (Wildman–Crippen MR) is 97.8 cm³/mol. The van der Waals surface area contributed by atoms with E-state index in [9.17, 15) is 14.7 Å². The third-order valence-electron chi connectivity index (χ3n) is 4.42. The van der Waals surface area contributed by atoms with Crippen molar-refractivity contribution in [2.24, 2.45) is 5.92 Å².